The maximum Gasteiger partial charge on any atom is 0.302 e. The van der Waals surface area contributed by atoms with E-state index < -0.39 is 16.3 Å². The van der Waals surface area contributed by atoms with Gasteiger partial charge in [-0.25, -0.2) is 0 Å². The first-order chi connectivity index (χ1) is 9.85. The summed E-state index contributed by atoms with van der Waals surface area (Å²) in [5.74, 6) is 0. The van der Waals surface area contributed by atoms with Crippen LogP contribution in [0.15, 0.2) is 16.6 Å². The highest BCUT2D eigenvalue weighted by Gasteiger charge is 2.32. The van der Waals surface area contributed by atoms with Gasteiger partial charge in [0.2, 0.25) is 0 Å². The summed E-state index contributed by atoms with van der Waals surface area (Å²) in [5, 5.41) is 9.75. The minimum atomic E-state index is -3.82. The standard InChI is InChI=1S/C12H15BrCl2N2O3S/c13-8-5-10(14)12(11(15)6-8)16-21(19,20)17-4-2-1-3-9(17)7-18/h5-6,9,16,18H,1-4,7H2. The van der Waals surface area contributed by atoms with E-state index in [-0.39, 0.29) is 22.3 Å². The van der Waals surface area contributed by atoms with Crippen LogP contribution in [0.4, 0.5) is 5.69 Å². The predicted molar refractivity (Wildman–Crippen MR) is 88.1 cm³/mol. The number of aliphatic hydroxyl groups is 1. The first kappa shape index (κ1) is 17.3. The van der Waals surface area contributed by atoms with Gasteiger partial charge in [0.15, 0.2) is 0 Å². The molecule has 0 radical (unpaired) electrons. The molecule has 1 aromatic rings. The fourth-order valence-corrected chi connectivity index (χ4v) is 5.24. The van der Waals surface area contributed by atoms with Gasteiger partial charge in [0.1, 0.15) is 0 Å². The number of aliphatic hydroxyl groups excluding tert-OH is 1. The van der Waals surface area contributed by atoms with E-state index in [9.17, 15) is 13.5 Å². The molecule has 118 valence electrons. The third kappa shape index (κ3) is 4.03. The van der Waals surface area contributed by atoms with Crippen molar-refractivity contribution in [2.75, 3.05) is 17.9 Å². The van der Waals surface area contributed by atoms with Crippen LogP contribution in [0.3, 0.4) is 0 Å². The van der Waals surface area contributed by atoms with Crippen molar-refractivity contribution in [3.63, 3.8) is 0 Å². The lowest BCUT2D eigenvalue weighted by Crippen LogP contribution is -2.48. The zero-order valence-electron chi connectivity index (χ0n) is 11.0. The maximum atomic E-state index is 12.5. The fourth-order valence-electron chi connectivity index (χ4n) is 2.30. The van der Waals surface area contributed by atoms with Gasteiger partial charge in [-0.1, -0.05) is 45.6 Å². The van der Waals surface area contributed by atoms with E-state index in [2.05, 4.69) is 20.7 Å². The maximum absolute atomic E-state index is 12.5. The van der Waals surface area contributed by atoms with Gasteiger partial charge in [0, 0.05) is 17.1 Å². The monoisotopic (exact) mass is 416 g/mol. The molecular weight excluding hydrogens is 403 g/mol. The number of rotatable bonds is 4. The van der Waals surface area contributed by atoms with Crippen LogP contribution in [-0.2, 0) is 10.2 Å². The molecule has 2 N–H and O–H groups in total. The van der Waals surface area contributed by atoms with Crippen molar-refractivity contribution in [2.45, 2.75) is 25.3 Å². The fraction of sp³-hybridized carbons (Fsp3) is 0.500. The molecule has 0 aliphatic carbocycles. The average molecular weight is 418 g/mol. The van der Waals surface area contributed by atoms with Crippen molar-refractivity contribution in [1.82, 2.24) is 4.31 Å². The average Bonchev–Trinajstić information content (AvgIpc) is 2.43. The molecule has 0 spiro atoms. The van der Waals surface area contributed by atoms with Gasteiger partial charge >= 0.3 is 10.2 Å². The minimum absolute atomic E-state index is 0.142. The molecule has 1 unspecified atom stereocenters. The third-order valence-corrected chi connectivity index (χ3v) is 5.94. The summed E-state index contributed by atoms with van der Waals surface area (Å²) >= 11 is 15.3. The zero-order chi connectivity index (χ0) is 15.6. The lowest BCUT2D eigenvalue weighted by atomic mass is 10.1. The summed E-state index contributed by atoms with van der Waals surface area (Å²) in [4.78, 5) is 0. The highest BCUT2D eigenvalue weighted by Crippen LogP contribution is 2.35. The zero-order valence-corrected chi connectivity index (χ0v) is 14.9. The SMILES string of the molecule is O=S(=O)(Nc1c(Cl)cc(Br)cc1Cl)N1CCCCC1CO. The molecule has 0 amide bonds. The molecule has 1 atom stereocenters. The van der Waals surface area contributed by atoms with Crippen LogP contribution < -0.4 is 4.72 Å². The molecule has 1 heterocycles. The summed E-state index contributed by atoms with van der Waals surface area (Å²) in [5.41, 5.74) is 0.142. The summed E-state index contributed by atoms with van der Waals surface area (Å²) < 4.78 is 29.3. The molecule has 0 bridgehead atoms. The van der Waals surface area contributed by atoms with E-state index in [0.29, 0.717) is 17.4 Å². The van der Waals surface area contributed by atoms with Gasteiger partial charge in [-0.3, -0.25) is 4.72 Å². The van der Waals surface area contributed by atoms with Crippen LogP contribution in [-0.4, -0.2) is 37.0 Å². The van der Waals surface area contributed by atoms with E-state index in [1.54, 1.807) is 12.1 Å². The highest BCUT2D eigenvalue weighted by atomic mass is 79.9. The topological polar surface area (TPSA) is 69.6 Å². The Morgan fingerprint density at radius 1 is 1.33 bits per heavy atom. The first-order valence-corrected chi connectivity index (χ1v) is 9.39. The van der Waals surface area contributed by atoms with Crippen LogP contribution in [0.2, 0.25) is 10.0 Å². The van der Waals surface area contributed by atoms with Gasteiger partial charge in [-0.05, 0) is 25.0 Å². The van der Waals surface area contributed by atoms with E-state index >= 15 is 0 Å². The quantitative estimate of drug-likeness (QED) is 0.789. The summed E-state index contributed by atoms with van der Waals surface area (Å²) in [6.07, 6.45) is 2.30. The van der Waals surface area contributed by atoms with Gasteiger partial charge in [-0.2, -0.15) is 12.7 Å². The summed E-state index contributed by atoms with van der Waals surface area (Å²) in [6, 6.07) is 2.71. The smallest absolute Gasteiger partial charge is 0.302 e. The van der Waals surface area contributed by atoms with E-state index in [0.717, 1.165) is 12.8 Å². The molecule has 1 aromatic carbocycles. The molecule has 21 heavy (non-hydrogen) atoms. The molecule has 9 heteroatoms. The first-order valence-electron chi connectivity index (χ1n) is 6.40. The van der Waals surface area contributed by atoms with Crippen molar-refractivity contribution >= 4 is 55.0 Å². The molecule has 1 saturated heterocycles. The van der Waals surface area contributed by atoms with E-state index in [1.165, 1.54) is 4.31 Å². The Labute approximate surface area is 142 Å². The molecule has 0 saturated carbocycles. The van der Waals surface area contributed by atoms with Crippen molar-refractivity contribution in [3.8, 4) is 0 Å². The Morgan fingerprint density at radius 2 is 1.95 bits per heavy atom. The molecule has 1 aliphatic rings. The second-order valence-electron chi connectivity index (χ2n) is 4.79. The van der Waals surface area contributed by atoms with Crippen LogP contribution in [0.5, 0.6) is 0 Å². The number of piperidine rings is 1. The number of benzene rings is 1. The minimum Gasteiger partial charge on any atom is -0.395 e. The molecule has 1 fully saturated rings. The van der Waals surface area contributed by atoms with Gasteiger partial charge in [0.25, 0.3) is 0 Å². The Bertz CT molecular complexity index is 604. The van der Waals surface area contributed by atoms with E-state index in [4.69, 9.17) is 23.2 Å². The third-order valence-electron chi connectivity index (χ3n) is 3.33. The number of anilines is 1. The molecule has 0 aromatic heterocycles. The Morgan fingerprint density at radius 3 is 2.52 bits per heavy atom. The van der Waals surface area contributed by atoms with Crippen LogP contribution in [0.1, 0.15) is 19.3 Å². The van der Waals surface area contributed by atoms with Crippen LogP contribution in [0.25, 0.3) is 0 Å². The van der Waals surface area contributed by atoms with E-state index in [1.807, 2.05) is 0 Å². The number of hydrogen-bond donors (Lipinski definition) is 2. The summed E-state index contributed by atoms with van der Waals surface area (Å²) in [7, 11) is -3.82. The number of hydrogen-bond acceptors (Lipinski definition) is 3. The number of nitrogens with zero attached hydrogens (tertiary/aromatic N) is 1. The van der Waals surface area contributed by atoms with Crippen LogP contribution >= 0.6 is 39.1 Å². The molecule has 1 aliphatic heterocycles. The second-order valence-corrected chi connectivity index (χ2v) is 8.15. The summed E-state index contributed by atoms with van der Waals surface area (Å²) in [6.45, 7) is 0.162. The highest BCUT2D eigenvalue weighted by molar-refractivity contribution is 9.10. The largest absolute Gasteiger partial charge is 0.395 e. The van der Waals surface area contributed by atoms with Gasteiger partial charge in [0.05, 0.1) is 22.3 Å². The number of nitrogens with one attached hydrogen (secondary N) is 1. The van der Waals surface area contributed by atoms with Crippen LogP contribution in [0, 0.1) is 0 Å². The lowest BCUT2D eigenvalue weighted by molar-refractivity contribution is 0.156. The Balaban J connectivity index is 2.29. The van der Waals surface area contributed by atoms with Gasteiger partial charge < -0.3 is 5.11 Å². The van der Waals surface area contributed by atoms with Gasteiger partial charge in [-0.15, -0.1) is 0 Å². The van der Waals surface area contributed by atoms with Crippen molar-refractivity contribution in [3.05, 3.63) is 26.7 Å². The molecular formula is C12H15BrCl2N2O3S. The molecule has 5 nitrogen and oxygen atoms in total. The van der Waals surface area contributed by atoms with Crippen molar-refractivity contribution in [1.29, 1.82) is 0 Å². The lowest BCUT2D eigenvalue weighted by Gasteiger charge is -2.33. The van der Waals surface area contributed by atoms with Crippen molar-refractivity contribution in [2.24, 2.45) is 0 Å². The molecule has 2 rings (SSSR count). The normalized spacial score (nSPS) is 20.5. The predicted octanol–water partition coefficient (Wildman–Crippen LogP) is 3.26. The number of halogens is 3. The second kappa shape index (κ2) is 7.02. The Kier molecular flexibility index (Phi) is 5.78. The Hall–Kier alpha value is -0.0500. The van der Waals surface area contributed by atoms with Crippen molar-refractivity contribution < 1.29 is 13.5 Å².